The molecule has 2 aromatic rings. The molecule has 1 atom stereocenters. The number of carboxylic acid groups (broad SMARTS) is 1. The lowest BCUT2D eigenvalue weighted by Gasteiger charge is -2.43. The van der Waals surface area contributed by atoms with Crippen LogP contribution in [0, 0.1) is 0 Å². The Balaban J connectivity index is 0.00000432. The van der Waals surface area contributed by atoms with E-state index in [1.54, 1.807) is 18.2 Å². The standard InChI is InChI=1S/C24H25F6NO3.CH4/c1-15(16-11-18(23(25,26)27)13-19(12-16)24(28,29)30)34-14-21(17-5-3-2-4-6-17)7-9-22(31,10-8-21)20(32)33;/h2-6,11-13,15H,7-10,14,31H2,1H3,(H,32,33);1H4/t15-,21?,22?;/m1./s1. The third-order valence-corrected chi connectivity index (χ3v) is 6.60. The minimum Gasteiger partial charge on any atom is -0.480 e. The molecule has 0 spiro atoms. The van der Waals surface area contributed by atoms with Crippen molar-refractivity contribution in [1.29, 1.82) is 0 Å². The summed E-state index contributed by atoms with van der Waals surface area (Å²) in [5.74, 6) is -1.12. The number of hydrogen-bond acceptors (Lipinski definition) is 3. The Hall–Kier alpha value is -2.59. The molecule has 0 radical (unpaired) electrons. The SMILES string of the molecule is C.C[C@@H](OCC1(c2ccccc2)CCC(N)(C(=O)O)CC1)c1cc(C(F)(F)F)cc(C(F)(F)F)c1. The number of alkyl halides is 6. The summed E-state index contributed by atoms with van der Waals surface area (Å²) in [4.78, 5) is 11.6. The first-order valence-corrected chi connectivity index (χ1v) is 10.7. The number of hydrogen-bond donors (Lipinski definition) is 2. The fraction of sp³-hybridized carbons (Fsp3) is 0.480. The first kappa shape index (κ1) is 28.6. The van der Waals surface area contributed by atoms with Crippen molar-refractivity contribution in [3.63, 3.8) is 0 Å². The molecule has 4 nitrogen and oxygen atoms in total. The third-order valence-electron chi connectivity index (χ3n) is 6.60. The molecule has 2 aromatic carbocycles. The van der Waals surface area contributed by atoms with Crippen LogP contribution >= 0.6 is 0 Å². The highest BCUT2D eigenvalue weighted by Gasteiger charge is 2.46. The van der Waals surface area contributed by atoms with Crippen LogP contribution in [-0.2, 0) is 27.3 Å². The Labute approximate surface area is 200 Å². The molecule has 1 aliphatic carbocycles. The maximum atomic E-state index is 13.2. The molecular weight excluding hydrogens is 476 g/mol. The monoisotopic (exact) mass is 505 g/mol. The van der Waals surface area contributed by atoms with Crippen LogP contribution in [0.4, 0.5) is 26.3 Å². The highest BCUT2D eigenvalue weighted by atomic mass is 19.4. The summed E-state index contributed by atoms with van der Waals surface area (Å²) in [6.07, 6.45) is -10.0. The van der Waals surface area contributed by atoms with Crippen LogP contribution < -0.4 is 5.73 Å². The highest BCUT2D eigenvalue weighted by Crippen LogP contribution is 2.44. The molecule has 1 aliphatic rings. The molecular formula is C25H29F6NO3. The minimum absolute atomic E-state index is 0. The molecule has 3 rings (SSSR count). The van der Waals surface area contributed by atoms with Crippen molar-refractivity contribution in [2.24, 2.45) is 5.73 Å². The number of aliphatic carboxylic acids is 1. The first-order valence-electron chi connectivity index (χ1n) is 10.7. The molecule has 0 bridgehead atoms. The van der Waals surface area contributed by atoms with Crippen molar-refractivity contribution in [3.05, 3.63) is 70.8 Å². The van der Waals surface area contributed by atoms with Crippen molar-refractivity contribution < 1.29 is 41.0 Å². The lowest BCUT2D eigenvalue weighted by molar-refractivity contribution is -0.146. The zero-order chi connectivity index (χ0) is 25.4. The summed E-state index contributed by atoms with van der Waals surface area (Å²) in [5.41, 5.74) is 1.72. The van der Waals surface area contributed by atoms with E-state index in [2.05, 4.69) is 0 Å². The largest absolute Gasteiger partial charge is 0.480 e. The van der Waals surface area contributed by atoms with Crippen LogP contribution in [-0.4, -0.2) is 23.2 Å². The molecule has 0 aromatic heterocycles. The third kappa shape index (κ3) is 6.35. The second-order valence-electron chi connectivity index (χ2n) is 8.90. The van der Waals surface area contributed by atoms with Gasteiger partial charge in [-0.1, -0.05) is 37.8 Å². The average Bonchev–Trinajstić information content (AvgIpc) is 2.78. The van der Waals surface area contributed by atoms with Crippen molar-refractivity contribution in [1.82, 2.24) is 0 Å². The maximum absolute atomic E-state index is 13.2. The van der Waals surface area contributed by atoms with E-state index in [0.717, 1.165) is 5.56 Å². The number of nitrogens with two attached hydrogens (primary N) is 1. The van der Waals surface area contributed by atoms with Gasteiger partial charge in [-0.25, -0.2) is 0 Å². The lowest BCUT2D eigenvalue weighted by Crippen LogP contribution is -2.54. The predicted molar refractivity (Wildman–Crippen MR) is 119 cm³/mol. The molecule has 194 valence electrons. The molecule has 0 saturated heterocycles. The van der Waals surface area contributed by atoms with E-state index < -0.39 is 46.5 Å². The Kier molecular flexibility index (Phi) is 8.33. The van der Waals surface area contributed by atoms with Gasteiger partial charge in [0, 0.05) is 5.41 Å². The van der Waals surface area contributed by atoms with Crippen LogP contribution in [0.5, 0.6) is 0 Å². The second-order valence-corrected chi connectivity index (χ2v) is 8.90. The van der Waals surface area contributed by atoms with Gasteiger partial charge in [-0.05, 0) is 61.9 Å². The van der Waals surface area contributed by atoms with Crippen molar-refractivity contribution >= 4 is 5.97 Å². The normalized spacial score (nSPS) is 23.9. The Morgan fingerprint density at radius 1 is 0.971 bits per heavy atom. The summed E-state index contributed by atoms with van der Waals surface area (Å²) < 4.78 is 85.2. The smallest absolute Gasteiger partial charge is 0.416 e. The minimum atomic E-state index is -4.95. The zero-order valence-corrected chi connectivity index (χ0v) is 18.3. The summed E-state index contributed by atoms with van der Waals surface area (Å²) >= 11 is 0. The van der Waals surface area contributed by atoms with Gasteiger partial charge in [0.2, 0.25) is 0 Å². The lowest BCUT2D eigenvalue weighted by atomic mass is 9.64. The summed E-state index contributed by atoms with van der Waals surface area (Å²) in [6, 6.07) is 10.5. The number of carbonyl (C=O) groups is 1. The molecule has 0 heterocycles. The van der Waals surface area contributed by atoms with Crippen LogP contribution in [0.25, 0.3) is 0 Å². The van der Waals surface area contributed by atoms with Crippen LogP contribution in [0.3, 0.4) is 0 Å². The van der Waals surface area contributed by atoms with E-state index in [9.17, 15) is 36.2 Å². The molecule has 1 saturated carbocycles. The van der Waals surface area contributed by atoms with E-state index in [4.69, 9.17) is 10.5 Å². The van der Waals surface area contributed by atoms with Gasteiger partial charge in [0.1, 0.15) is 5.54 Å². The number of benzene rings is 2. The van der Waals surface area contributed by atoms with Gasteiger partial charge in [-0.15, -0.1) is 0 Å². The molecule has 0 aliphatic heterocycles. The molecule has 0 amide bonds. The molecule has 10 heteroatoms. The van der Waals surface area contributed by atoms with Gasteiger partial charge in [0.05, 0.1) is 23.8 Å². The van der Waals surface area contributed by atoms with E-state index in [1.165, 1.54) is 6.92 Å². The molecule has 35 heavy (non-hydrogen) atoms. The Morgan fingerprint density at radius 2 is 1.46 bits per heavy atom. The molecule has 0 unspecified atom stereocenters. The first-order chi connectivity index (χ1) is 15.7. The van der Waals surface area contributed by atoms with Crippen LogP contribution in [0.1, 0.15) is 68.4 Å². The van der Waals surface area contributed by atoms with Gasteiger partial charge in [0.15, 0.2) is 0 Å². The van der Waals surface area contributed by atoms with E-state index in [1.807, 2.05) is 12.1 Å². The molecule has 3 N–H and O–H groups in total. The maximum Gasteiger partial charge on any atom is 0.416 e. The number of halogens is 6. The van der Waals surface area contributed by atoms with E-state index >= 15 is 0 Å². The zero-order valence-electron chi connectivity index (χ0n) is 18.3. The predicted octanol–water partition coefficient (Wildman–Crippen LogP) is 6.73. The summed E-state index contributed by atoms with van der Waals surface area (Å²) in [5, 5.41) is 9.45. The van der Waals surface area contributed by atoms with Gasteiger partial charge in [0.25, 0.3) is 0 Å². The van der Waals surface area contributed by atoms with Gasteiger partial charge < -0.3 is 15.6 Å². The van der Waals surface area contributed by atoms with E-state index in [-0.39, 0.29) is 38.5 Å². The van der Waals surface area contributed by atoms with E-state index in [0.29, 0.717) is 25.0 Å². The highest BCUT2D eigenvalue weighted by molar-refractivity contribution is 5.78. The summed E-state index contributed by atoms with van der Waals surface area (Å²) in [7, 11) is 0. The number of rotatable bonds is 6. The Morgan fingerprint density at radius 3 is 1.89 bits per heavy atom. The molecule has 1 fully saturated rings. The van der Waals surface area contributed by atoms with Crippen molar-refractivity contribution in [2.45, 2.75) is 69.4 Å². The number of ether oxygens (including phenoxy) is 1. The quantitative estimate of drug-likeness (QED) is 0.427. The van der Waals surface area contributed by atoms with Gasteiger partial charge in [-0.3, -0.25) is 4.79 Å². The van der Waals surface area contributed by atoms with Crippen molar-refractivity contribution in [3.8, 4) is 0 Å². The number of carboxylic acids is 1. The Bertz CT molecular complexity index is 980. The summed E-state index contributed by atoms with van der Waals surface area (Å²) in [6.45, 7) is 1.37. The average molecular weight is 505 g/mol. The second kappa shape index (κ2) is 10.2. The van der Waals surface area contributed by atoms with Crippen molar-refractivity contribution in [2.75, 3.05) is 6.61 Å². The van der Waals surface area contributed by atoms with Crippen LogP contribution in [0.15, 0.2) is 48.5 Å². The fourth-order valence-electron chi connectivity index (χ4n) is 4.29. The fourth-order valence-corrected chi connectivity index (χ4v) is 4.29. The van der Waals surface area contributed by atoms with Crippen LogP contribution in [0.2, 0.25) is 0 Å². The van der Waals surface area contributed by atoms with Gasteiger partial charge >= 0.3 is 18.3 Å². The topological polar surface area (TPSA) is 72.5 Å². The van der Waals surface area contributed by atoms with Gasteiger partial charge in [-0.2, -0.15) is 26.3 Å².